The number of aliphatic hydroxyl groups excluding tert-OH is 1. The van der Waals surface area contributed by atoms with Crippen molar-refractivity contribution in [2.45, 2.75) is 51.0 Å². The van der Waals surface area contributed by atoms with Crippen LogP contribution in [0.2, 0.25) is 0 Å². The third-order valence-corrected chi connectivity index (χ3v) is 6.43. The number of ether oxygens (including phenoxy) is 2. The highest BCUT2D eigenvalue weighted by molar-refractivity contribution is 5.70. The van der Waals surface area contributed by atoms with Crippen LogP contribution in [0.4, 0.5) is 13.6 Å². The maximum absolute atomic E-state index is 13.8. The van der Waals surface area contributed by atoms with Gasteiger partial charge in [-0.3, -0.25) is 0 Å². The molecule has 0 radical (unpaired) electrons. The monoisotopic (exact) mass is 510 g/mol. The zero-order valence-electron chi connectivity index (χ0n) is 20.9. The second-order valence-corrected chi connectivity index (χ2v) is 9.59. The molecule has 1 heterocycles. The minimum atomic E-state index is -1.09. The largest absolute Gasteiger partial charge is 0.412 e. The van der Waals surface area contributed by atoms with Gasteiger partial charge in [-0.15, -0.1) is 0 Å². The Labute approximate surface area is 215 Å². The van der Waals surface area contributed by atoms with Crippen molar-refractivity contribution in [2.24, 2.45) is 0 Å². The fourth-order valence-electron chi connectivity index (χ4n) is 4.42. The number of carbonyl (C=O) groups excluding carboxylic acids is 1. The van der Waals surface area contributed by atoms with E-state index in [9.17, 15) is 18.7 Å². The van der Waals surface area contributed by atoms with Gasteiger partial charge >= 0.3 is 6.09 Å². The summed E-state index contributed by atoms with van der Waals surface area (Å²) in [6.45, 7) is 5.33. The van der Waals surface area contributed by atoms with E-state index in [0.29, 0.717) is 30.4 Å². The third kappa shape index (κ3) is 7.35. The first-order valence-electron chi connectivity index (χ1n) is 12.4. The van der Waals surface area contributed by atoms with Crippen LogP contribution in [-0.4, -0.2) is 36.5 Å². The molecule has 3 atom stereocenters. The lowest BCUT2D eigenvalue weighted by Gasteiger charge is -2.30. The molecule has 0 saturated carbocycles. The molecule has 0 bridgehead atoms. The Morgan fingerprint density at radius 1 is 1.08 bits per heavy atom. The Bertz CT molecular complexity index is 1190. The highest BCUT2D eigenvalue weighted by Crippen LogP contribution is 2.28. The average Bonchev–Trinajstić information content (AvgIpc) is 2.86. The van der Waals surface area contributed by atoms with E-state index >= 15 is 0 Å². The molecule has 1 aliphatic rings. The van der Waals surface area contributed by atoms with Crippen LogP contribution in [-0.2, 0) is 17.8 Å². The van der Waals surface area contributed by atoms with Crippen LogP contribution >= 0.6 is 0 Å². The lowest BCUT2D eigenvalue weighted by Crippen LogP contribution is -2.50. The Kier molecular flexibility index (Phi) is 8.87. The van der Waals surface area contributed by atoms with Gasteiger partial charge in [0.05, 0.1) is 31.4 Å². The number of nitrogens with one attached hydrogen (secondary N) is 2. The van der Waals surface area contributed by atoms with Crippen molar-refractivity contribution in [3.63, 3.8) is 0 Å². The molecule has 3 aromatic rings. The van der Waals surface area contributed by atoms with E-state index in [1.54, 1.807) is 30.3 Å². The number of amides is 1. The first-order valence-corrected chi connectivity index (χ1v) is 12.4. The van der Waals surface area contributed by atoms with E-state index in [1.165, 1.54) is 17.7 Å². The molecule has 3 N–H and O–H groups in total. The number of halogens is 2. The minimum absolute atomic E-state index is 0.00331. The van der Waals surface area contributed by atoms with E-state index < -0.39 is 29.9 Å². The zero-order valence-corrected chi connectivity index (χ0v) is 20.9. The van der Waals surface area contributed by atoms with Crippen molar-refractivity contribution in [1.29, 1.82) is 0 Å². The summed E-state index contributed by atoms with van der Waals surface area (Å²) in [5.74, 6) is -0.759. The molecule has 4 rings (SSSR count). The summed E-state index contributed by atoms with van der Waals surface area (Å²) in [7, 11) is 0. The summed E-state index contributed by atoms with van der Waals surface area (Å²) in [5.41, 5.74) is 3.71. The average molecular weight is 511 g/mol. The second kappa shape index (κ2) is 12.3. The van der Waals surface area contributed by atoms with Crippen molar-refractivity contribution < 1.29 is 28.2 Å². The summed E-state index contributed by atoms with van der Waals surface area (Å²) in [5, 5.41) is 17.1. The number of hydrogen-bond donors (Lipinski definition) is 3. The van der Waals surface area contributed by atoms with Gasteiger partial charge in [-0.2, -0.15) is 0 Å². The van der Waals surface area contributed by atoms with Crippen LogP contribution in [0.25, 0.3) is 0 Å². The molecular weight excluding hydrogens is 478 g/mol. The molecular formula is C29H32F2N2O4. The van der Waals surface area contributed by atoms with Gasteiger partial charge in [-0.05, 0) is 58.9 Å². The molecule has 3 aromatic carbocycles. The maximum Gasteiger partial charge on any atom is 0.412 e. The first kappa shape index (κ1) is 26.7. The molecule has 1 aliphatic heterocycles. The van der Waals surface area contributed by atoms with Crippen LogP contribution in [0.5, 0.6) is 5.75 Å². The molecule has 0 aliphatic carbocycles. The number of aliphatic hydroxyl groups is 1. The molecule has 0 aromatic heterocycles. The summed E-state index contributed by atoms with van der Waals surface area (Å²) in [6.07, 6.45) is -1.87. The number of benzene rings is 3. The molecule has 0 spiro atoms. The number of carbonyl (C=O) groups is 1. The van der Waals surface area contributed by atoms with Crippen LogP contribution < -0.4 is 15.4 Å². The quantitative estimate of drug-likeness (QED) is 0.377. The van der Waals surface area contributed by atoms with Crippen molar-refractivity contribution in [1.82, 2.24) is 10.6 Å². The predicted molar refractivity (Wildman–Crippen MR) is 136 cm³/mol. The minimum Gasteiger partial charge on any atom is -0.410 e. The van der Waals surface area contributed by atoms with Gasteiger partial charge in [0.15, 0.2) is 0 Å². The Morgan fingerprint density at radius 3 is 2.51 bits per heavy atom. The van der Waals surface area contributed by atoms with Crippen LogP contribution in [0.1, 0.15) is 48.1 Å². The molecule has 6 nitrogen and oxygen atoms in total. The second-order valence-electron chi connectivity index (χ2n) is 9.59. The molecule has 8 heteroatoms. The lowest BCUT2D eigenvalue weighted by molar-refractivity contribution is 0.0699. The fourth-order valence-corrected chi connectivity index (χ4v) is 4.42. The summed E-state index contributed by atoms with van der Waals surface area (Å²) in [6, 6.07) is 16.9. The van der Waals surface area contributed by atoms with Crippen molar-refractivity contribution >= 4 is 6.09 Å². The Hall–Kier alpha value is -3.33. The number of fused-ring (bicyclic) bond motifs is 1. The lowest BCUT2D eigenvalue weighted by atomic mass is 9.92. The maximum atomic E-state index is 13.8. The molecule has 1 amide bonds. The highest BCUT2D eigenvalue weighted by atomic mass is 19.1. The number of hydrogen-bond acceptors (Lipinski definition) is 5. The van der Waals surface area contributed by atoms with Crippen molar-refractivity contribution in [2.75, 3.05) is 13.2 Å². The smallest absolute Gasteiger partial charge is 0.410 e. The molecule has 2 unspecified atom stereocenters. The van der Waals surface area contributed by atoms with Gasteiger partial charge < -0.3 is 25.2 Å². The Balaban J connectivity index is 1.48. The highest BCUT2D eigenvalue weighted by Gasteiger charge is 2.27. The van der Waals surface area contributed by atoms with E-state index in [4.69, 9.17) is 9.47 Å². The number of rotatable bonds is 9. The van der Waals surface area contributed by atoms with E-state index in [2.05, 4.69) is 42.7 Å². The van der Waals surface area contributed by atoms with Crippen LogP contribution in [0.3, 0.4) is 0 Å². The topological polar surface area (TPSA) is 79.8 Å². The van der Waals surface area contributed by atoms with Crippen LogP contribution in [0.15, 0.2) is 66.7 Å². The zero-order chi connectivity index (χ0) is 26.4. The van der Waals surface area contributed by atoms with Gasteiger partial charge in [0.2, 0.25) is 0 Å². The van der Waals surface area contributed by atoms with E-state index in [1.807, 2.05) is 0 Å². The summed E-state index contributed by atoms with van der Waals surface area (Å²) >= 11 is 0. The molecule has 0 fully saturated rings. The van der Waals surface area contributed by atoms with Gasteiger partial charge in [-0.1, -0.05) is 50.2 Å². The van der Waals surface area contributed by atoms with Gasteiger partial charge in [-0.25, -0.2) is 13.6 Å². The SMILES string of the molecule is CC(C)c1ccc2c(c1)C(NCC(O)[C@H](Cc1cc(F)cc(F)c1)NC(=O)Oc1ccccc1)COC2. The first-order chi connectivity index (χ1) is 17.8. The normalized spacial score (nSPS) is 16.6. The molecule has 37 heavy (non-hydrogen) atoms. The summed E-state index contributed by atoms with van der Waals surface area (Å²) < 4.78 is 38.7. The van der Waals surface area contributed by atoms with E-state index in [0.717, 1.165) is 17.2 Å². The molecule has 0 saturated heterocycles. The van der Waals surface area contributed by atoms with Crippen molar-refractivity contribution in [3.05, 3.63) is 101 Å². The van der Waals surface area contributed by atoms with Crippen molar-refractivity contribution in [3.8, 4) is 5.75 Å². The Morgan fingerprint density at radius 2 is 1.81 bits per heavy atom. The van der Waals surface area contributed by atoms with Gasteiger partial charge in [0.25, 0.3) is 0 Å². The third-order valence-electron chi connectivity index (χ3n) is 6.43. The summed E-state index contributed by atoms with van der Waals surface area (Å²) in [4.78, 5) is 12.6. The fraction of sp³-hybridized carbons (Fsp3) is 0.345. The van der Waals surface area contributed by atoms with Gasteiger partial charge in [0.1, 0.15) is 17.4 Å². The predicted octanol–water partition coefficient (Wildman–Crippen LogP) is 5.01. The standard InChI is InChI=1S/C29H32F2N2O4/c1-18(2)20-8-9-21-16-36-17-27(25(21)13-20)32-15-28(34)26(12-19-10-22(30)14-23(31)11-19)33-29(35)37-24-6-4-3-5-7-24/h3-11,13-14,18,26-28,32,34H,12,15-17H2,1-2H3,(H,33,35)/t26-,27?,28?/m0/s1. The molecule has 196 valence electrons. The van der Waals surface area contributed by atoms with Gasteiger partial charge in [0, 0.05) is 12.6 Å². The van der Waals surface area contributed by atoms with Crippen LogP contribution in [0, 0.1) is 11.6 Å². The van der Waals surface area contributed by atoms with E-state index in [-0.39, 0.29) is 19.0 Å². The number of para-hydroxylation sites is 1.